The molecule has 3 aromatic rings. The number of ether oxygens (including phenoxy) is 2. The minimum atomic E-state index is -0.407. The van der Waals surface area contributed by atoms with E-state index < -0.39 is 5.82 Å². The molecule has 1 unspecified atom stereocenters. The molecule has 0 fully saturated rings. The van der Waals surface area contributed by atoms with Crippen molar-refractivity contribution in [1.82, 2.24) is 4.90 Å². The van der Waals surface area contributed by atoms with Crippen molar-refractivity contribution in [3.05, 3.63) is 80.8 Å². The number of halogens is 1. The Morgan fingerprint density at radius 3 is 2.59 bits per heavy atom. The summed E-state index contributed by atoms with van der Waals surface area (Å²) in [7, 11) is 3.22. The molecule has 4 nitrogen and oxygen atoms in total. The van der Waals surface area contributed by atoms with Crippen LogP contribution in [-0.2, 0) is 6.42 Å². The Kier molecular flexibility index (Phi) is 5.28. The molecule has 0 saturated carbocycles. The maximum absolute atomic E-state index is 13.9. The molecule has 0 N–H and O–H groups in total. The van der Waals surface area contributed by atoms with Crippen LogP contribution in [0.25, 0.3) is 0 Å². The number of benzene rings is 2. The Labute approximate surface area is 173 Å². The Balaban J connectivity index is 1.84. The van der Waals surface area contributed by atoms with Crippen molar-refractivity contribution < 1.29 is 18.7 Å². The predicted molar refractivity (Wildman–Crippen MR) is 112 cm³/mol. The summed E-state index contributed by atoms with van der Waals surface area (Å²) in [6, 6.07) is 12.0. The summed E-state index contributed by atoms with van der Waals surface area (Å²) in [5.41, 5.74) is 3.30. The smallest absolute Gasteiger partial charge is 0.255 e. The van der Waals surface area contributed by atoms with E-state index in [4.69, 9.17) is 9.47 Å². The van der Waals surface area contributed by atoms with Gasteiger partial charge < -0.3 is 14.4 Å². The van der Waals surface area contributed by atoms with Crippen LogP contribution in [0.1, 0.15) is 38.0 Å². The summed E-state index contributed by atoms with van der Waals surface area (Å²) < 4.78 is 24.8. The molecule has 1 amide bonds. The molecule has 0 aliphatic carbocycles. The quantitative estimate of drug-likeness (QED) is 0.606. The Morgan fingerprint density at radius 1 is 1.14 bits per heavy atom. The van der Waals surface area contributed by atoms with Gasteiger partial charge in [0.1, 0.15) is 5.82 Å². The molecule has 0 saturated heterocycles. The molecule has 0 bridgehead atoms. The summed E-state index contributed by atoms with van der Waals surface area (Å²) in [5, 5.41) is 2.00. The first-order valence-corrected chi connectivity index (χ1v) is 10.3. The highest BCUT2D eigenvalue weighted by atomic mass is 32.1. The SMILES string of the molecule is COc1cc2c(cc1OC)C(c1cccs1)N(C(=O)c1cc(F)ccc1C)CC2. The standard InChI is InChI=1S/C23H22FNO3S/c1-14-6-7-16(24)12-17(14)23(26)25-9-8-15-11-19(27-2)20(28-3)13-18(15)22(25)21-5-4-10-29-21/h4-7,10-13,22H,8-9H2,1-3H3. The van der Waals surface area contributed by atoms with Gasteiger partial charge in [0.05, 0.1) is 20.3 Å². The lowest BCUT2D eigenvalue weighted by atomic mass is 9.90. The molecular formula is C23H22FNO3S. The van der Waals surface area contributed by atoms with Crippen LogP contribution in [0.4, 0.5) is 4.39 Å². The fourth-order valence-corrected chi connectivity index (χ4v) is 4.75. The van der Waals surface area contributed by atoms with Crippen molar-refractivity contribution in [2.24, 2.45) is 0 Å². The number of hydrogen-bond donors (Lipinski definition) is 0. The van der Waals surface area contributed by atoms with E-state index in [0.717, 1.165) is 21.6 Å². The van der Waals surface area contributed by atoms with Crippen LogP contribution in [0.2, 0.25) is 0 Å². The number of hydrogen-bond acceptors (Lipinski definition) is 4. The average molecular weight is 411 g/mol. The molecule has 150 valence electrons. The van der Waals surface area contributed by atoms with Crippen LogP contribution in [-0.4, -0.2) is 31.6 Å². The molecule has 4 rings (SSSR count). The molecule has 1 aromatic heterocycles. The molecule has 2 aromatic carbocycles. The number of fused-ring (bicyclic) bond motifs is 1. The number of thiophene rings is 1. The van der Waals surface area contributed by atoms with E-state index in [-0.39, 0.29) is 11.9 Å². The fourth-order valence-electron chi connectivity index (χ4n) is 3.90. The first kappa shape index (κ1) is 19.5. The van der Waals surface area contributed by atoms with Gasteiger partial charge in [-0.25, -0.2) is 4.39 Å². The number of carbonyl (C=O) groups excluding carboxylic acids is 1. The van der Waals surface area contributed by atoms with Crippen LogP contribution < -0.4 is 9.47 Å². The lowest BCUT2D eigenvalue weighted by Crippen LogP contribution is -2.40. The minimum Gasteiger partial charge on any atom is -0.493 e. The van der Waals surface area contributed by atoms with Crippen molar-refractivity contribution in [2.75, 3.05) is 20.8 Å². The normalized spacial score (nSPS) is 15.7. The largest absolute Gasteiger partial charge is 0.493 e. The van der Waals surface area contributed by atoms with Crippen molar-refractivity contribution in [3.63, 3.8) is 0 Å². The molecule has 1 aliphatic heterocycles. The van der Waals surface area contributed by atoms with Gasteiger partial charge in [0.15, 0.2) is 11.5 Å². The van der Waals surface area contributed by atoms with Crippen LogP contribution in [0.5, 0.6) is 11.5 Å². The number of carbonyl (C=O) groups is 1. The molecule has 1 atom stereocenters. The summed E-state index contributed by atoms with van der Waals surface area (Å²) in [6.45, 7) is 2.37. The van der Waals surface area contributed by atoms with Crippen LogP contribution in [0.15, 0.2) is 47.8 Å². The van der Waals surface area contributed by atoms with Gasteiger partial charge in [-0.1, -0.05) is 12.1 Å². The summed E-state index contributed by atoms with van der Waals surface area (Å²) in [5.74, 6) is 0.734. The van der Waals surface area contributed by atoms with Gasteiger partial charge in [-0.15, -0.1) is 11.3 Å². The monoisotopic (exact) mass is 411 g/mol. The van der Waals surface area contributed by atoms with Gasteiger partial charge in [0, 0.05) is 17.0 Å². The van der Waals surface area contributed by atoms with E-state index in [9.17, 15) is 9.18 Å². The third-order valence-electron chi connectivity index (χ3n) is 5.38. The molecule has 29 heavy (non-hydrogen) atoms. The molecular weight excluding hydrogens is 389 g/mol. The zero-order valence-electron chi connectivity index (χ0n) is 16.6. The lowest BCUT2D eigenvalue weighted by molar-refractivity contribution is 0.0695. The molecule has 6 heteroatoms. The maximum Gasteiger partial charge on any atom is 0.255 e. The summed E-state index contributed by atoms with van der Waals surface area (Å²) in [4.78, 5) is 16.4. The second-order valence-corrected chi connectivity index (χ2v) is 8.01. The Morgan fingerprint density at radius 2 is 1.90 bits per heavy atom. The van der Waals surface area contributed by atoms with Gasteiger partial charge in [-0.2, -0.15) is 0 Å². The molecule has 0 radical (unpaired) electrons. The third-order valence-corrected chi connectivity index (χ3v) is 6.30. The topological polar surface area (TPSA) is 38.8 Å². The van der Waals surface area contributed by atoms with Crippen molar-refractivity contribution in [3.8, 4) is 11.5 Å². The van der Waals surface area contributed by atoms with Crippen molar-refractivity contribution in [2.45, 2.75) is 19.4 Å². The second kappa shape index (κ2) is 7.87. The van der Waals surface area contributed by atoms with Gasteiger partial charge in [-0.3, -0.25) is 4.79 Å². The maximum atomic E-state index is 13.9. The number of amides is 1. The number of rotatable bonds is 4. The highest BCUT2D eigenvalue weighted by Gasteiger charge is 2.35. The third kappa shape index (κ3) is 3.49. The number of nitrogens with zero attached hydrogens (tertiary/aromatic N) is 1. The van der Waals surface area contributed by atoms with Crippen LogP contribution in [0.3, 0.4) is 0 Å². The fraction of sp³-hybridized carbons (Fsp3) is 0.261. The predicted octanol–water partition coefficient (Wildman–Crippen LogP) is 5.00. The number of methoxy groups -OCH3 is 2. The van der Waals surface area contributed by atoms with E-state index in [1.165, 1.54) is 12.1 Å². The van der Waals surface area contributed by atoms with Crippen molar-refractivity contribution >= 4 is 17.2 Å². The van der Waals surface area contributed by atoms with E-state index in [2.05, 4.69) is 0 Å². The van der Waals surface area contributed by atoms with E-state index in [1.807, 2.05) is 41.5 Å². The van der Waals surface area contributed by atoms with Gasteiger partial charge in [0.2, 0.25) is 0 Å². The van der Waals surface area contributed by atoms with Crippen molar-refractivity contribution in [1.29, 1.82) is 0 Å². The summed E-state index contributed by atoms with van der Waals surface area (Å²) >= 11 is 1.60. The zero-order valence-corrected chi connectivity index (χ0v) is 17.4. The van der Waals surface area contributed by atoms with Gasteiger partial charge in [0.25, 0.3) is 5.91 Å². The average Bonchev–Trinajstić information content (AvgIpc) is 3.27. The zero-order chi connectivity index (χ0) is 20.5. The molecule has 2 heterocycles. The van der Waals surface area contributed by atoms with Gasteiger partial charge >= 0.3 is 0 Å². The second-order valence-electron chi connectivity index (χ2n) is 7.03. The van der Waals surface area contributed by atoms with E-state index >= 15 is 0 Å². The van der Waals surface area contributed by atoms with Crippen LogP contribution >= 0.6 is 11.3 Å². The highest BCUT2D eigenvalue weighted by molar-refractivity contribution is 7.10. The molecule has 0 spiro atoms. The first-order valence-electron chi connectivity index (χ1n) is 9.38. The lowest BCUT2D eigenvalue weighted by Gasteiger charge is -2.37. The highest BCUT2D eigenvalue weighted by Crippen LogP contribution is 2.42. The molecule has 1 aliphatic rings. The summed E-state index contributed by atoms with van der Waals surface area (Å²) in [6.07, 6.45) is 0.692. The Bertz CT molecular complexity index is 1050. The van der Waals surface area contributed by atoms with Crippen LogP contribution in [0, 0.1) is 12.7 Å². The Hall–Kier alpha value is -2.86. The van der Waals surface area contributed by atoms with E-state index in [0.29, 0.717) is 30.0 Å². The minimum absolute atomic E-state index is 0.166. The van der Waals surface area contributed by atoms with E-state index in [1.54, 1.807) is 31.6 Å². The van der Waals surface area contributed by atoms with Gasteiger partial charge in [-0.05, 0) is 65.7 Å². The first-order chi connectivity index (χ1) is 14.0. The number of aryl methyl sites for hydroxylation is 1.